The molecule has 0 atom stereocenters. The lowest BCUT2D eigenvalue weighted by Gasteiger charge is -2.24. The lowest BCUT2D eigenvalue weighted by Crippen LogP contribution is -2.39. The topological polar surface area (TPSA) is 58.6 Å². The lowest BCUT2D eigenvalue weighted by atomic mass is 9.93. The fourth-order valence-corrected chi connectivity index (χ4v) is 2.07. The third-order valence-corrected chi connectivity index (χ3v) is 3.11. The Kier molecular flexibility index (Phi) is 3.22. The van der Waals surface area contributed by atoms with Crippen LogP contribution in [0.1, 0.15) is 20.8 Å². The maximum absolute atomic E-state index is 12.3. The third kappa shape index (κ3) is 2.54. The molecule has 0 saturated carbocycles. The Bertz CT molecular complexity index is 537. The standard InChI is InChI=1S/C14H18N2O3/c1-9(17)15-10-5-6-11-12(7-10)19-8-14(2,3)13(18)16(11)4/h5-7H,8H2,1-4H3,(H,15,17). The van der Waals surface area contributed by atoms with Gasteiger partial charge in [0.1, 0.15) is 12.4 Å². The summed E-state index contributed by atoms with van der Waals surface area (Å²) in [6.45, 7) is 5.47. The number of nitrogens with one attached hydrogen (secondary N) is 1. The molecule has 0 radical (unpaired) electrons. The van der Waals surface area contributed by atoms with Crippen LogP contribution in [0.15, 0.2) is 18.2 Å². The zero-order chi connectivity index (χ0) is 14.2. The molecule has 1 aliphatic heterocycles. The van der Waals surface area contributed by atoms with Crippen LogP contribution in [0.4, 0.5) is 11.4 Å². The van der Waals surface area contributed by atoms with Crippen LogP contribution in [0.5, 0.6) is 5.75 Å². The van der Waals surface area contributed by atoms with E-state index in [1.54, 1.807) is 30.1 Å². The van der Waals surface area contributed by atoms with Crippen LogP contribution in [-0.4, -0.2) is 25.5 Å². The first-order valence-electron chi connectivity index (χ1n) is 6.14. The second kappa shape index (κ2) is 4.57. The number of rotatable bonds is 1. The smallest absolute Gasteiger partial charge is 0.235 e. The first-order valence-corrected chi connectivity index (χ1v) is 6.14. The minimum Gasteiger partial charge on any atom is -0.490 e. The van der Waals surface area contributed by atoms with Crippen molar-refractivity contribution in [3.63, 3.8) is 0 Å². The van der Waals surface area contributed by atoms with Gasteiger partial charge in [-0.05, 0) is 26.0 Å². The monoisotopic (exact) mass is 262 g/mol. The summed E-state index contributed by atoms with van der Waals surface area (Å²) in [5.41, 5.74) is 0.804. The molecular weight excluding hydrogens is 244 g/mol. The number of anilines is 2. The fourth-order valence-electron chi connectivity index (χ4n) is 2.07. The number of hydrogen-bond acceptors (Lipinski definition) is 3. The Hall–Kier alpha value is -2.04. The number of hydrogen-bond donors (Lipinski definition) is 1. The summed E-state index contributed by atoms with van der Waals surface area (Å²) in [7, 11) is 1.73. The van der Waals surface area contributed by atoms with Crippen LogP contribution >= 0.6 is 0 Å². The first kappa shape index (κ1) is 13.4. The number of fused-ring (bicyclic) bond motifs is 1. The number of ether oxygens (including phenoxy) is 1. The summed E-state index contributed by atoms with van der Waals surface area (Å²) in [6, 6.07) is 5.27. The van der Waals surface area contributed by atoms with E-state index in [-0.39, 0.29) is 11.8 Å². The van der Waals surface area contributed by atoms with E-state index in [9.17, 15) is 9.59 Å². The highest BCUT2D eigenvalue weighted by molar-refractivity contribution is 5.99. The van der Waals surface area contributed by atoms with Gasteiger partial charge >= 0.3 is 0 Å². The molecule has 1 heterocycles. The van der Waals surface area contributed by atoms with E-state index in [0.717, 1.165) is 0 Å². The molecule has 1 aromatic rings. The maximum atomic E-state index is 12.3. The molecule has 2 amide bonds. The van der Waals surface area contributed by atoms with Gasteiger partial charge in [0.05, 0.1) is 11.1 Å². The van der Waals surface area contributed by atoms with Crippen molar-refractivity contribution in [1.82, 2.24) is 0 Å². The zero-order valence-corrected chi connectivity index (χ0v) is 11.6. The summed E-state index contributed by atoms with van der Waals surface area (Å²) >= 11 is 0. The first-order chi connectivity index (χ1) is 8.81. The highest BCUT2D eigenvalue weighted by Gasteiger charge is 2.36. The van der Waals surface area contributed by atoms with Crippen LogP contribution in [0, 0.1) is 5.41 Å². The number of carbonyl (C=O) groups excluding carboxylic acids is 2. The van der Waals surface area contributed by atoms with Crippen molar-refractivity contribution in [1.29, 1.82) is 0 Å². The Morgan fingerprint density at radius 1 is 1.42 bits per heavy atom. The van der Waals surface area contributed by atoms with Crippen LogP contribution < -0.4 is 15.0 Å². The molecule has 0 aliphatic carbocycles. The number of amides is 2. The normalized spacial score (nSPS) is 17.3. The highest BCUT2D eigenvalue weighted by atomic mass is 16.5. The van der Waals surface area contributed by atoms with E-state index in [0.29, 0.717) is 23.7 Å². The Morgan fingerprint density at radius 3 is 2.74 bits per heavy atom. The van der Waals surface area contributed by atoms with Gasteiger partial charge in [0.2, 0.25) is 11.8 Å². The minimum absolute atomic E-state index is 0.0125. The van der Waals surface area contributed by atoms with Gasteiger partial charge in [-0.1, -0.05) is 0 Å². The molecule has 5 heteroatoms. The number of benzene rings is 1. The van der Waals surface area contributed by atoms with E-state index in [1.165, 1.54) is 6.92 Å². The highest BCUT2D eigenvalue weighted by Crippen LogP contribution is 2.37. The van der Waals surface area contributed by atoms with E-state index in [1.807, 2.05) is 13.8 Å². The van der Waals surface area contributed by atoms with Gasteiger partial charge in [0, 0.05) is 25.7 Å². The molecule has 0 bridgehead atoms. The minimum atomic E-state index is -0.568. The lowest BCUT2D eigenvalue weighted by molar-refractivity contribution is -0.127. The molecular formula is C14H18N2O3. The fraction of sp³-hybridized carbons (Fsp3) is 0.429. The molecule has 19 heavy (non-hydrogen) atoms. The summed E-state index contributed by atoms with van der Waals surface area (Å²) in [5, 5.41) is 2.70. The molecule has 102 valence electrons. The molecule has 1 aliphatic rings. The predicted octanol–water partition coefficient (Wildman–Crippen LogP) is 2.03. The Labute approximate surface area is 112 Å². The number of carbonyl (C=O) groups is 2. The van der Waals surface area contributed by atoms with Gasteiger partial charge in [0.25, 0.3) is 0 Å². The van der Waals surface area contributed by atoms with Gasteiger partial charge in [-0.25, -0.2) is 0 Å². The average molecular weight is 262 g/mol. The maximum Gasteiger partial charge on any atom is 0.235 e. The van der Waals surface area contributed by atoms with Crippen molar-refractivity contribution in [2.24, 2.45) is 5.41 Å². The Morgan fingerprint density at radius 2 is 2.11 bits per heavy atom. The summed E-state index contributed by atoms with van der Waals surface area (Å²) in [6.07, 6.45) is 0. The van der Waals surface area contributed by atoms with Gasteiger partial charge in [0.15, 0.2) is 0 Å². The molecule has 0 spiro atoms. The van der Waals surface area contributed by atoms with Crippen molar-refractivity contribution >= 4 is 23.2 Å². The predicted molar refractivity (Wildman–Crippen MR) is 73.4 cm³/mol. The largest absolute Gasteiger partial charge is 0.490 e. The van der Waals surface area contributed by atoms with Crippen molar-refractivity contribution in [3.05, 3.63) is 18.2 Å². The van der Waals surface area contributed by atoms with Gasteiger partial charge in [-0.2, -0.15) is 0 Å². The van der Waals surface area contributed by atoms with E-state index in [4.69, 9.17) is 4.74 Å². The van der Waals surface area contributed by atoms with E-state index >= 15 is 0 Å². The van der Waals surface area contributed by atoms with Crippen LogP contribution in [-0.2, 0) is 9.59 Å². The molecule has 1 aromatic carbocycles. The molecule has 5 nitrogen and oxygen atoms in total. The second-order valence-corrected chi connectivity index (χ2v) is 5.40. The molecule has 0 fully saturated rings. The number of nitrogens with zero attached hydrogens (tertiary/aromatic N) is 1. The zero-order valence-electron chi connectivity index (χ0n) is 11.6. The summed E-state index contributed by atoms with van der Waals surface area (Å²) < 4.78 is 5.71. The molecule has 0 unspecified atom stereocenters. The summed E-state index contributed by atoms with van der Waals surface area (Å²) in [5.74, 6) is 0.476. The molecule has 1 N–H and O–H groups in total. The van der Waals surface area contributed by atoms with Crippen molar-refractivity contribution < 1.29 is 14.3 Å². The van der Waals surface area contributed by atoms with Gasteiger partial charge < -0.3 is 15.0 Å². The van der Waals surface area contributed by atoms with Crippen LogP contribution in [0.3, 0.4) is 0 Å². The van der Waals surface area contributed by atoms with Crippen LogP contribution in [0.25, 0.3) is 0 Å². The quantitative estimate of drug-likeness (QED) is 0.842. The van der Waals surface area contributed by atoms with Gasteiger partial charge in [-0.3, -0.25) is 9.59 Å². The van der Waals surface area contributed by atoms with Gasteiger partial charge in [-0.15, -0.1) is 0 Å². The van der Waals surface area contributed by atoms with Crippen molar-refractivity contribution in [3.8, 4) is 5.75 Å². The van der Waals surface area contributed by atoms with Crippen molar-refractivity contribution in [2.75, 3.05) is 23.9 Å². The molecule has 0 saturated heterocycles. The van der Waals surface area contributed by atoms with E-state index in [2.05, 4.69) is 5.32 Å². The van der Waals surface area contributed by atoms with Crippen LogP contribution in [0.2, 0.25) is 0 Å². The van der Waals surface area contributed by atoms with Crippen molar-refractivity contribution in [2.45, 2.75) is 20.8 Å². The molecule has 2 rings (SSSR count). The van der Waals surface area contributed by atoms with E-state index < -0.39 is 5.41 Å². The third-order valence-electron chi connectivity index (χ3n) is 3.11. The average Bonchev–Trinajstić information content (AvgIpc) is 2.40. The SMILES string of the molecule is CC(=O)Nc1ccc2c(c1)OCC(C)(C)C(=O)N2C. The molecule has 0 aromatic heterocycles. The Balaban J connectivity index is 2.40. The summed E-state index contributed by atoms with van der Waals surface area (Å²) in [4.78, 5) is 24.9. The second-order valence-electron chi connectivity index (χ2n) is 5.40.